The van der Waals surface area contributed by atoms with Crippen LogP contribution >= 0.6 is 0 Å². The van der Waals surface area contributed by atoms with Crippen LogP contribution in [0.1, 0.15) is 33.9 Å². The molecule has 1 aliphatic rings. The van der Waals surface area contributed by atoms with Gasteiger partial charge in [0.1, 0.15) is 17.5 Å². The Labute approximate surface area is 137 Å². The standard InChI is InChI=1S/C18H16F3NO2/c1-10-2-4-16(21)14(6-10)18(24)22-9-12(23)8-17(22)13-7-11(19)3-5-15(13)20/h2-7,12,17,23H,8-9H2,1H3. The maximum absolute atomic E-state index is 14.1. The van der Waals surface area contributed by atoms with E-state index in [1.807, 2.05) is 0 Å². The summed E-state index contributed by atoms with van der Waals surface area (Å²) in [6, 6.07) is 6.25. The zero-order valence-corrected chi connectivity index (χ0v) is 13.0. The normalized spacial score (nSPS) is 20.5. The molecule has 0 bridgehead atoms. The van der Waals surface area contributed by atoms with Gasteiger partial charge in [-0.05, 0) is 43.7 Å². The van der Waals surface area contributed by atoms with Crippen LogP contribution in [0.3, 0.4) is 0 Å². The molecule has 1 saturated heterocycles. The second-order valence-corrected chi connectivity index (χ2v) is 6.01. The molecule has 2 atom stereocenters. The van der Waals surface area contributed by atoms with Gasteiger partial charge in [0.25, 0.3) is 5.91 Å². The van der Waals surface area contributed by atoms with E-state index in [-0.39, 0.29) is 24.1 Å². The van der Waals surface area contributed by atoms with Gasteiger partial charge in [0.15, 0.2) is 0 Å². The van der Waals surface area contributed by atoms with Crippen molar-refractivity contribution in [1.29, 1.82) is 0 Å². The van der Waals surface area contributed by atoms with Gasteiger partial charge in [0.05, 0.1) is 17.7 Å². The van der Waals surface area contributed by atoms with E-state index in [9.17, 15) is 23.1 Å². The first kappa shape index (κ1) is 16.5. The topological polar surface area (TPSA) is 40.5 Å². The van der Waals surface area contributed by atoms with E-state index in [0.29, 0.717) is 5.56 Å². The number of amides is 1. The summed E-state index contributed by atoms with van der Waals surface area (Å²) in [6.07, 6.45) is -0.811. The van der Waals surface area contributed by atoms with E-state index >= 15 is 0 Å². The molecule has 1 aliphatic heterocycles. The van der Waals surface area contributed by atoms with Gasteiger partial charge in [-0.25, -0.2) is 13.2 Å². The number of aliphatic hydroxyl groups excluding tert-OH is 1. The fraction of sp³-hybridized carbons (Fsp3) is 0.278. The molecular weight excluding hydrogens is 319 g/mol. The molecule has 2 unspecified atom stereocenters. The van der Waals surface area contributed by atoms with Crippen LogP contribution in [0, 0.1) is 24.4 Å². The van der Waals surface area contributed by atoms with Crippen molar-refractivity contribution in [3.05, 3.63) is 70.5 Å². The van der Waals surface area contributed by atoms with Gasteiger partial charge in [-0.15, -0.1) is 0 Å². The lowest BCUT2D eigenvalue weighted by atomic mass is 10.0. The molecule has 1 N–H and O–H groups in total. The number of carbonyl (C=O) groups is 1. The highest BCUT2D eigenvalue weighted by atomic mass is 19.1. The number of rotatable bonds is 2. The van der Waals surface area contributed by atoms with Crippen molar-refractivity contribution in [2.24, 2.45) is 0 Å². The molecule has 0 spiro atoms. The van der Waals surface area contributed by atoms with Gasteiger partial charge in [0.2, 0.25) is 0 Å². The molecule has 1 heterocycles. The molecule has 2 aromatic carbocycles. The smallest absolute Gasteiger partial charge is 0.257 e. The van der Waals surface area contributed by atoms with Crippen molar-refractivity contribution < 1.29 is 23.1 Å². The second kappa shape index (κ2) is 6.28. The fourth-order valence-electron chi connectivity index (χ4n) is 3.06. The molecule has 0 aliphatic carbocycles. The molecular formula is C18H16F3NO2. The highest BCUT2D eigenvalue weighted by Crippen LogP contribution is 2.35. The summed E-state index contributed by atoms with van der Waals surface area (Å²) in [5, 5.41) is 9.91. The first-order valence-electron chi connectivity index (χ1n) is 7.57. The van der Waals surface area contributed by atoms with E-state index in [1.165, 1.54) is 23.1 Å². The number of hydrogen-bond donors (Lipinski definition) is 1. The average molecular weight is 335 g/mol. The minimum atomic E-state index is -0.880. The van der Waals surface area contributed by atoms with E-state index in [4.69, 9.17) is 0 Å². The van der Waals surface area contributed by atoms with Gasteiger partial charge in [-0.1, -0.05) is 11.6 Å². The quantitative estimate of drug-likeness (QED) is 0.914. The molecule has 2 aromatic rings. The van der Waals surface area contributed by atoms with Gasteiger partial charge < -0.3 is 10.0 Å². The van der Waals surface area contributed by atoms with Gasteiger partial charge in [-0.3, -0.25) is 4.79 Å². The highest BCUT2D eigenvalue weighted by Gasteiger charge is 2.38. The monoisotopic (exact) mass is 335 g/mol. The SMILES string of the molecule is Cc1ccc(F)c(C(=O)N2CC(O)CC2c2cc(F)ccc2F)c1. The minimum Gasteiger partial charge on any atom is -0.391 e. The lowest BCUT2D eigenvalue weighted by Gasteiger charge is -2.25. The Bertz CT molecular complexity index is 794. The summed E-state index contributed by atoms with van der Waals surface area (Å²) in [5.41, 5.74) is 0.534. The lowest BCUT2D eigenvalue weighted by Crippen LogP contribution is -2.32. The molecule has 24 heavy (non-hydrogen) atoms. The number of hydrogen-bond acceptors (Lipinski definition) is 2. The Morgan fingerprint density at radius 2 is 1.83 bits per heavy atom. The number of carbonyl (C=O) groups excluding carboxylic acids is 1. The number of halogens is 3. The molecule has 3 nitrogen and oxygen atoms in total. The van der Waals surface area contributed by atoms with Gasteiger partial charge >= 0.3 is 0 Å². The lowest BCUT2D eigenvalue weighted by molar-refractivity contribution is 0.0709. The van der Waals surface area contributed by atoms with Crippen LogP contribution in [0.15, 0.2) is 36.4 Å². The van der Waals surface area contributed by atoms with Gasteiger partial charge in [-0.2, -0.15) is 0 Å². The van der Waals surface area contributed by atoms with E-state index in [1.54, 1.807) is 6.92 Å². The predicted octanol–water partition coefficient (Wildman–Crippen LogP) is 3.36. The first-order chi connectivity index (χ1) is 11.4. The molecule has 126 valence electrons. The number of β-amino-alcohol motifs (C(OH)–C–C–N with tert-alkyl or cyclic N) is 1. The fourth-order valence-corrected chi connectivity index (χ4v) is 3.06. The number of aliphatic hydroxyl groups is 1. The molecule has 6 heteroatoms. The molecule has 0 aromatic heterocycles. The minimum absolute atomic E-state index is 0.0204. The third-order valence-corrected chi connectivity index (χ3v) is 4.21. The summed E-state index contributed by atoms with van der Waals surface area (Å²) < 4.78 is 41.5. The Morgan fingerprint density at radius 1 is 1.12 bits per heavy atom. The molecule has 3 rings (SSSR count). The molecule has 0 radical (unpaired) electrons. The molecule has 1 fully saturated rings. The van der Waals surface area contributed by atoms with Gasteiger partial charge in [0, 0.05) is 12.1 Å². The summed E-state index contributed by atoms with van der Waals surface area (Å²) in [6.45, 7) is 1.66. The molecule has 0 saturated carbocycles. The first-order valence-corrected chi connectivity index (χ1v) is 7.57. The van der Waals surface area contributed by atoms with Crippen LogP contribution in [0.4, 0.5) is 13.2 Å². The summed E-state index contributed by atoms with van der Waals surface area (Å²) >= 11 is 0. The van der Waals surface area contributed by atoms with Crippen molar-refractivity contribution in [3.8, 4) is 0 Å². The zero-order valence-electron chi connectivity index (χ0n) is 13.0. The summed E-state index contributed by atoms with van der Waals surface area (Å²) in [7, 11) is 0. The molecule has 1 amide bonds. The largest absolute Gasteiger partial charge is 0.391 e. The van der Waals surface area contributed by atoms with E-state index in [0.717, 1.165) is 18.2 Å². The zero-order chi connectivity index (χ0) is 17.4. The Hall–Kier alpha value is -2.34. The number of benzene rings is 2. The maximum Gasteiger partial charge on any atom is 0.257 e. The van der Waals surface area contributed by atoms with Crippen molar-refractivity contribution in [1.82, 2.24) is 4.90 Å². The van der Waals surface area contributed by atoms with E-state index < -0.39 is 35.5 Å². The second-order valence-electron chi connectivity index (χ2n) is 6.01. The Morgan fingerprint density at radius 3 is 2.58 bits per heavy atom. The van der Waals surface area contributed by atoms with Crippen LogP contribution in [-0.4, -0.2) is 28.6 Å². The van der Waals surface area contributed by atoms with Crippen LogP contribution in [-0.2, 0) is 0 Å². The number of nitrogens with zero attached hydrogens (tertiary/aromatic N) is 1. The van der Waals surface area contributed by atoms with Crippen LogP contribution < -0.4 is 0 Å². The number of likely N-dealkylation sites (tertiary alicyclic amines) is 1. The number of aryl methyl sites for hydroxylation is 1. The third-order valence-electron chi connectivity index (χ3n) is 4.21. The van der Waals surface area contributed by atoms with Crippen LogP contribution in [0.2, 0.25) is 0 Å². The Balaban J connectivity index is 2.00. The average Bonchev–Trinajstić information content (AvgIpc) is 2.93. The van der Waals surface area contributed by atoms with Crippen molar-refractivity contribution in [2.45, 2.75) is 25.5 Å². The van der Waals surface area contributed by atoms with Crippen molar-refractivity contribution in [3.63, 3.8) is 0 Å². The van der Waals surface area contributed by atoms with Crippen LogP contribution in [0.5, 0.6) is 0 Å². The van der Waals surface area contributed by atoms with Crippen molar-refractivity contribution >= 4 is 5.91 Å². The summed E-state index contributed by atoms with van der Waals surface area (Å²) in [5.74, 6) is -2.65. The van der Waals surface area contributed by atoms with Crippen LogP contribution in [0.25, 0.3) is 0 Å². The Kier molecular flexibility index (Phi) is 4.32. The maximum atomic E-state index is 14.1. The third kappa shape index (κ3) is 3.01. The highest BCUT2D eigenvalue weighted by molar-refractivity contribution is 5.95. The van der Waals surface area contributed by atoms with Crippen molar-refractivity contribution in [2.75, 3.05) is 6.54 Å². The van der Waals surface area contributed by atoms with E-state index in [2.05, 4.69) is 0 Å². The predicted molar refractivity (Wildman–Crippen MR) is 81.9 cm³/mol. The summed E-state index contributed by atoms with van der Waals surface area (Å²) in [4.78, 5) is 13.9.